The molecule has 0 amide bonds. The molecule has 6 heteroatoms. The second-order valence-electron chi connectivity index (χ2n) is 5.96. The minimum atomic E-state index is -0.992. The van der Waals surface area contributed by atoms with Gasteiger partial charge < -0.3 is 14.5 Å². The summed E-state index contributed by atoms with van der Waals surface area (Å²) in [6, 6.07) is 14.7. The van der Waals surface area contributed by atoms with Crippen molar-refractivity contribution in [2.75, 3.05) is 6.61 Å². The summed E-state index contributed by atoms with van der Waals surface area (Å²) in [5, 5.41) is 0.558. The molecule has 0 spiro atoms. The summed E-state index contributed by atoms with van der Waals surface area (Å²) < 4.78 is 10.7. The molecule has 0 bridgehead atoms. The summed E-state index contributed by atoms with van der Waals surface area (Å²) in [6.07, 6.45) is -0.992. The molecule has 0 saturated heterocycles. The van der Waals surface area contributed by atoms with Crippen LogP contribution in [0.4, 0.5) is 0 Å². The van der Waals surface area contributed by atoms with Crippen LogP contribution in [0.5, 0.6) is 5.75 Å². The van der Waals surface area contributed by atoms with E-state index in [1.807, 2.05) is 6.92 Å². The van der Waals surface area contributed by atoms with Gasteiger partial charge >= 0.3 is 5.97 Å². The van der Waals surface area contributed by atoms with Crippen molar-refractivity contribution in [2.45, 2.75) is 20.0 Å². The van der Waals surface area contributed by atoms with Crippen LogP contribution in [0.25, 0.3) is 10.9 Å². The summed E-state index contributed by atoms with van der Waals surface area (Å²) in [4.78, 5) is 39.5. The number of pyridine rings is 1. The number of fused-ring (bicyclic) bond motifs is 1. The first-order valence-electron chi connectivity index (χ1n) is 8.59. The number of rotatable bonds is 6. The highest BCUT2D eigenvalue weighted by molar-refractivity contribution is 6.05. The van der Waals surface area contributed by atoms with Gasteiger partial charge in [0.15, 0.2) is 6.10 Å². The number of benzene rings is 2. The van der Waals surface area contributed by atoms with Gasteiger partial charge in [-0.15, -0.1) is 0 Å². The van der Waals surface area contributed by atoms with Gasteiger partial charge in [0, 0.05) is 22.5 Å². The predicted octanol–water partition coefficient (Wildman–Crippen LogP) is 3.36. The number of esters is 1. The number of carbonyl (C=O) groups excluding carboxylic acids is 2. The number of carbonyl (C=O) groups is 2. The van der Waals surface area contributed by atoms with Crippen molar-refractivity contribution < 1.29 is 19.1 Å². The summed E-state index contributed by atoms with van der Waals surface area (Å²) in [6.45, 7) is 3.91. The van der Waals surface area contributed by atoms with Crippen LogP contribution in [-0.4, -0.2) is 29.4 Å². The standard InChI is InChI=1S/C21H19NO5/c1-3-26-15-10-8-14(9-11-15)20(24)13(2)27-21(25)17-12-19(23)22-18-7-5-4-6-16(17)18/h4-13H,3H2,1-2H3,(H,22,23)/t13-/m1/s1. The van der Waals surface area contributed by atoms with E-state index in [-0.39, 0.29) is 11.3 Å². The van der Waals surface area contributed by atoms with Gasteiger partial charge in [0.25, 0.3) is 0 Å². The maximum atomic E-state index is 12.5. The monoisotopic (exact) mass is 365 g/mol. The molecule has 3 rings (SSSR count). The average Bonchev–Trinajstić information content (AvgIpc) is 2.67. The number of aromatic nitrogens is 1. The summed E-state index contributed by atoms with van der Waals surface area (Å²) >= 11 is 0. The number of Topliss-reactive ketones (excluding diaryl/α,β-unsaturated/α-hetero) is 1. The van der Waals surface area contributed by atoms with Crippen molar-refractivity contribution >= 4 is 22.7 Å². The fourth-order valence-corrected chi connectivity index (χ4v) is 2.77. The van der Waals surface area contributed by atoms with Gasteiger partial charge in [-0.3, -0.25) is 9.59 Å². The summed E-state index contributed by atoms with van der Waals surface area (Å²) in [5.74, 6) is -0.390. The smallest absolute Gasteiger partial charge is 0.339 e. The number of aromatic amines is 1. The Kier molecular flexibility index (Phi) is 5.35. The molecule has 0 aliphatic heterocycles. The van der Waals surface area contributed by atoms with Crippen molar-refractivity contribution in [1.82, 2.24) is 4.98 Å². The zero-order valence-corrected chi connectivity index (χ0v) is 15.0. The highest BCUT2D eigenvalue weighted by atomic mass is 16.5. The second kappa shape index (κ2) is 7.86. The van der Waals surface area contributed by atoms with E-state index in [0.717, 1.165) is 0 Å². The molecule has 0 fully saturated rings. The molecule has 3 aromatic rings. The van der Waals surface area contributed by atoms with Crippen molar-refractivity contribution in [3.05, 3.63) is 76.1 Å². The van der Waals surface area contributed by atoms with Gasteiger partial charge in [0.2, 0.25) is 11.3 Å². The van der Waals surface area contributed by atoms with E-state index in [9.17, 15) is 14.4 Å². The third kappa shape index (κ3) is 4.06. The lowest BCUT2D eigenvalue weighted by Gasteiger charge is -2.13. The molecule has 1 N–H and O–H groups in total. The molecule has 27 heavy (non-hydrogen) atoms. The zero-order valence-electron chi connectivity index (χ0n) is 15.0. The predicted molar refractivity (Wildman–Crippen MR) is 101 cm³/mol. The van der Waals surface area contributed by atoms with E-state index in [4.69, 9.17) is 9.47 Å². The lowest BCUT2D eigenvalue weighted by Crippen LogP contribution is -2.25. The topological polar surface area (TPSA) is 85.5 Å². The van der Waals surface area contributed by atoms with Crippen LogP contribution < -0.4 is 10.3 Å². The van der Waals surface area contributed by atoms with Gasteiger partial charge in [0.05, 0.1) is 12.2 Å². The Labute approximate surface area is 155 Å². The zero-order chi connectivity index (χ0) is 19.4. The summed E-state index contributed by atoms with van der Waals surface area (Å²) in [7, 11) is 0. The summed E-state index contributed by atoms with van der Waals surface area (Å²) in [5.41, 5.74) is 0.656. The molecule has 1 aromatic heterocycles. The van der Waals surface area contributed by atoms with Crippen LogP contribution >= 0.6 is 0 Å². The van der Waals surface area contributed by atoms with Crippen LogP contribution in [0, 0.1) is 0 Å². The number of nitrogens with one attached hydrogen (secondary N) is 1. The lowest BCUT2D eigenvalue weighted by molar-refractivity contribution is 0.0320. The molecule has 2 aromatic carbocycles. The quantitative estimate of drug-likeness (QED) is 0.535. The number of hydrogen-bond acceptors (Lipinski definition) is 5. The molecule has 1 heterocycles. The molecule has 0 unspecified atom stereocenters. The molecule has 0 aliphatic rings. The van der Waals surface area contributed by atoms with E-state index < -0.39 is 17.6 Å². The number of ketones is 1. The van der Waals surface area contributed by atoms with Gasteiger partial charge in [-0.1, -0.05) is 18.2 Å². The first-order chi connectivity index (χ1) is 13.0. The van der Waals surface area contributed by atoms with E-state index >= 15 is 0 Å². The van der Waals surface area contributed by atoms with Crippen molar-refractivity contribution in [3.63, 3.8) is 0 Å². The first-order valence-corrected chi connectivity index (χ1v) is 8.59. The van der Waals surface area contributed by atoms with E-state index in [1.165, 1.54) is 13.0 Å². The molecule has 0 radical (unpaired) electrons. The minimum absolute atomic E-state index is 0.126. The van der Waals surface area contributed by atoms with Gasteiger partial charge in [-0.2, -0.15) is 0 Å². The highest BCUT2D eigenvalue weighted by Crippen LogP contribution is 2.18. The molecule has 0 aliphatic carbocycles. The fourth-order valence-electron chi connectivity index (χ4n) is 2.77. The Hall–Kier alpha value is -3.41. The van der Waals surface area contributed by atoms with Crippen LogP contribution in [0.15, 0.2) is 59.4 Å². The highest BCUT2D eigenvalue weighted by Gasteiger charge is 2.22. The number of ether oxygens (including phenoxy) is 2. The Bertz CT molecular complexity index is 1040. The van der Waals surface area contributed by atoms with Crippen LogP contribution in [0.2, 0.25) is 0 Å². The Morgan fingerprint density at radius 3 is 2.48 bits per heavy atom. The molecule has 1 atom stereocenters. The normalized spacial score (nSPS) is 11.8. The molecule has 138 valence electrons. The maximum Gasteiger partial charge on any atom is 0.339 e. The van der Waals surface area contributed by atoms with E-state index in [1.54, 1.807) is 48.5 Å². The van der Waals surface area contributed by atoms with Gasteiger partial charge in [-0.25, -0.2) is 4.79 Å². The van der Waals surface area contributed by atoms with Gasteiger partial charge in [-0.05, 0) is 44.2 Å². The SMILES string of the molecule is CCOc1ccc(C(=O)[C@@H](C)OC(=O)c2cc(=O)[nH]c3ccccc23)cc1. The molecular formula is C21H19NO5. The van der Waals surface area contributed by atoms with Crippen molar-refractivity contribution in [1.29, 1.82) is 0 Å². The van der Waals surface area contributed by atoms with Crippen LogP contribution in [0.3, 0.4) is 0 Å². The van der Waals surface area contributed by atoms with Crippen molar-refractivity contribution in [3.8, 4) is 5.75 Å². The number of hydrogen-bond donors (Lipinski definition) is 1. The Morgan fingerprint density at radius 2 is 1.78 bits per heavy atom. The average molecular weight is 365 g/mol. The molecular weight excluding hydrogens is 346 g/mol. The largest absolute Gasteiger partial charge is 0.494 e. The Morgan fingerprint density at radius 1 is 1.07 bits per heavy atom. The van der Waals surface area contributed by atoms with Crippen LogP contribution in [-0.2, 0) is 4.74 Å². The molecule has 0 saturated carbocycles. The number of para-hydroxylation sites is 1. The van der Waals surface area contributed by atoms with Crippen molar-refractivity contribution in [2.24, 2.45) is 0 Å². The number of H-pyrrole nitrogens is 1. The third-order valence-corrected chi connectivity index (χ3v) is 4.07. The van der Waals surface area contributed by atoms with E-state index in [0.29, 0.717) is 28.8 Å². The maximum absolute atomic E-state index is 12.5. The Balaban J connectivity index is 1.79. The van der Waals surface area contributed by atoms with Crippen LogP contribution in [0.1, 0.15) is 34.6 Å². The second-order valence-corrected chi connectivity index (χ2v) is 5.96. The molecule has 6 nitrogen and oxygen atoms in total. The lowest BCUT2D eigenvalue weighted by atomic mass is 10.1. The third-order valence-electron chi connectivity index (χ3n) is 4.07. The first kappa shape index (κ1) is 18.4. The minimum Gasteiger partial charge on any atom is -0.494 e. The van der Waals surface area contributed by atoms with E-state index in [2.05, 4.69) is 4.98 Å². The van der Waals surface area contributed by atoms with Gasteiger partial charge in [0.1, 0.15) is 5.75 Å². The fraction of sp³-hybridized carbons (Fsp3) is 0.190.